The van der Waals surface area contributed by atoms with Gasteiger partial charge in [-0.2, -0.15) is 0 Å². The Morgan fingerprint density at radius 2 is 1.22 bits per heavy atom. The van der Waals surface area contributed by atoms with Gasteiger partial charge in [0.05, 0.1) is 0 Å². The van der Waals surface area contributed by atoms with Crippen molar-refractivity contribution in [1.29, 1.82) is 0 Å². The fourth-order valence-electron chi connectivity index (χ4n) is 11.3. The maximum Gasteiger partial charge on any atom is 0.0468 e. The third-order valence-corrected chi connectivity index (χ3v) is 13.5. The molecule has 0 aromatic heterocycles. The quantitative estimate of drug-likeness (QED) is 0.165. The molecular formula is C50H47N. The minimum absolute atomic E-state index is 0.0427. The molecule has 1 heteroatoms. The number of hydrogen-bond acceptors (Lipinski definition) is 1. The Morgan fingerprint density at radius 3 is 2.00 bits per heavy atom. The van der Waals surface area contributed by atoms with Crippen LogP contribution in [0.5, 0.6) is 0 Å². The van der Waals surface area contributed by atoms with Crippen LogP contribution in [0.4, 0.5) is 17.1 Å². The van der Waals surface area contributed by atoms with E-state index in [9.17, 15) is 0 Å². The van der Waals surface area contributed by atoms with Gasteiger partial charge in [-0.25, -0.2) is 0 Å². The number of aryl methyl sites for hydroxylation is 1. The van der Waals surface area contributed by atoms with Crippen LogP contribution in [0.25, 0.3) is 33.4 Å². The molecule has 4 fully saturated rings. The summed E-state index contributed by atoms with van der Waals surface area (Å²) in [5, 5.41) is 0. The zero-order valence-corrected chi connectivity index (χ0v) is 30.2. The first-order valence-corrected chi connectivity index (χ1v) is 19.4. The van der Waals surface area contributed by atoms with Gasteiger partial charge in [0.25, 0.3) is 0 Å². The summed E-state index contributed by atoms with van der Waals surface area (Å²) in [6.07, 6.45) is 8.16. The highest BCUT2D eigenvalue weighted by molar-refractivity contribution is 5.98. The Balaban J connectivity index is 1.16. The number of benzene rings is 6. The fourth-order valence-corrected chi connectivity index (χ4v) is 11.3. The predicted molar refractivity (Wildman–Crippen MR) is 214 cm³/mol. The summed E-state index contributed by atoms with van der Waals surface area (Å²) >= 11 is 0. The molecule has 6 aromatic carbocycles. The van der Waals surface area contributed by atoms with E-state index in [1.165, 1.54) is 99.2 Å². The van der Waals surface area contributed by atoms with Gasteiger partial charge in [-0.3, -0.25) is 0 Å². The molecule has 51 heavy (non-hydrogen) atoms. The minimum Gasteiger partial charge on any atom is -0.310 e. The van der Waals surface area contributed by atoms with Crippen molar-refractivity contribution in [3.8, 4) is 33.4 Å². The molecule has 5 aliphatic carbocycles. The number of anilines is 3. The lowest BCUT2D eigenvalue weighted by atomic mass is 9.71. The van der Waals surface area contributed by atoms with Crippen LogP contribution in [0.15, 0.2) is 140 Å². The second-order valence-electron chi connectivity index (χ2n) is 16.6. The van der Waals surface area contributed by atoms with Crippen LogP contribution < -0.4 is 4.90 Å². The Kier molecular flexibility index (Phi) is 7.01. The summed E-state index contributed by atoms with van der Waals surface area (Å²) in [6.45, 7) is 6.99. The van der Waals surface area contributed by atoms with Crippen molar-refractivity contribution in [3.05, 3.63) is 162 Å². The van der Waals surface area contributed by atoms with E-state index in [2.05, 4.69) is 165 Å². The molecule has 0 spiro atoms. The van der Waals surface area contributed by atoms with Crippen LogP contribution in [0.1, 0.15) is 75.1 Å². The molecule has 5 aliphatic rings. The lowest BCUT2D eigenvalue weighted by Crippen LogP contribution is -2.28. The maximum atomic E-state index is 2.57. The average molecular weight is 662 g/mol. The highest BCUT2D eigenvalue weighted by Gasteiger charge is 2.58. The fraction of sp³-hybridized carbons (Fsp3) is 0.280. The van der Waals surface area contributed by atoms with E-state index in [1.807, 2.05) is 0 Å². The third kappa shape index (κ3) is 4.73. The summed E-state index contributed by atoms with van der Waals surface area (Å²) in [5.74, 6) is 2.73. The van der Waals surface area contributed by atoms with E-state index in [0.29, 0.717) is 5.41 Å². The van der Waals surface area contributed by atoms with Gasteiger partial charge in [0.2, 0.25) is 0 Å². The lowest BCUT2D eigenvalue weighted by Gasteiger charge is -2.35. The molecule has 2 atom stereocenters. The monoisotopic (exact) mass is 661 g/mol. The zero-order chi connectivity index (χ0) is 34.3. The van der Waals surface area contributed by atoms with Crippen LogP contribution in [-0.2, 0) is 17.3 Å². The van der Waals surface area contributed by atoms with Crippen LogP contribution >= 0.6 is 0 Å². The van der Waals surface area contributed by atoms with Gasteiger partial charge in [0.15, 0.2) is 0 Å². The number of fused-ring (bicyclic) bond motifs is 3. The largest absolute Gasteiger partial charge is 0.310 e. The minimum atomic E-state index is -0.0427. The normalized spacial score (nSPS) is 23.3. The van der Waals surface area contributed by atoms with Gasteiger partial charge in [0.1, 0.15) is 0 Å². The Hall–Kier alpha value is -4.88. The van der Waals surface area contributed by atoms with Gasteiger partial charge < -0.3 is 4.90 Å². The van der Waals surface area contributed by atoms with Crippen LogP contribution in [0.2, 0.25) is 0 Å². The van der Waals surface area contributed by atoms with Crippen LogP contribution in [0, 0.1) is 17.8 Å². The van der Waals surface area contributed by atoms with Crippen molar-refractivity contribution in [2.24, 2.45) is 17.8 Å². The van der Waals surface area contributed by atoms with Gasteiger partial charge in [-0.05, 0) is 154 Å². The number of rotatable bonds is 7. The lowest BCUT2D eigenvalue weighted by molar-refractivity contribution is 0.266. The molecule has 0 N–H and O–H groups in total. The highest BCUT2D eigenvalue weighted by atomic mass is 15.1. The highest BCUT2D eigenvalue weighted by Crippen LogP contribution is 2.66. The van der Waals surface area contributed by atoms with Crippen molar-refractivity contribution in [1.82, 2.24) is 0 Å². The van der Waals surface area contributed by atoms with Crippen molar-refractivity contribution in [2.75, 3.05) is 4.90 Å². The van der Waals surface area contributed by atoms with Crippen molar-refractivity contribution >= 4 is 17.1 Å². The summed E-state index contributed by atoms with van der Waals surface area (Å²) in [4.78, 5) is 2.52. The van der Waals surface area contributed by atoms with Crippen LogP contribution in [0.3, 0.4) is 0 Å². The molecule has 0 radical (unpaired) electrons. The Morgan fingerprint density at radius 1 is 0.549 bits per heavy atom. The summed E-state index contributed by atoms with van der Waals surface area (Å²) in [6, 6.07) is 53.2. The number of nitrogens with zero attached hydrogens (tertiary/aromatic N) is 1. The smallest absolute Gasteiger partial charge is 0.0468 e. The Bertz CT molecular complexity index is 2260. The van der Waals surface area contributed by atoms with E-state index < -0.39 is 0 Å². The van der Waals surface area contributed by atoms with E-state index in [0.717, 1.165) is 24.2 Å². The molecule has 0 saturated heterocycles. The number of hydrogen-bond donors (Lipinski definition) is 0. The van der Waals surface area contributed by atoms with Crippen LogP contribution in [-0.4, -0.2) is 0 Å². The van der Waals surface area contributed by atoms with Gasteiger partial charge in [-0.1, -0.05) is 124 Å². The summed E-state index contributed by atoms with van der Waals surface area (Å²) < 4.78 is 0. The molecule has 0 heterocycles. The van der Waals surface area contributed by atoms with E-state index in [-0.39, 0.29) is 5.41 Å². The molecule has 0 aliphatic heterocycles. The zero-order valence-electron chi connectivity index (χ0n) is 30.2. The SMILES string of the molecule is CCc1ccc(N(c2cccc(C34CC5CC(CC3C5)C4)c2)c2ccc(-c3cccc4c3-c3ccccc3C4(C)C)c(-c3ccccc3)c2)cc1. The topological polar surface area (TPSA) is 3.24 Å². The van der Waals surface area contributed by atoms with E-state index in [4.69, 9.17) is 0 Å². The first-order chi connectivity index (χ1) is 24.9. The molecule has 0 amide bonds. The Labute approximate surface area is 304 Å². The van der Waals surface area contributed by atoms with E-state index >= 15 is 0 Å². The molecule has 1 nitrogen and oxygen atoms in total. The predicted octanol–water partition coefficient (Wildman–Crippen LogP) is 13.4. The summed E-state index contributed by atoms with van der Waals surface area (Å²) in [5.41, 5.74) is 17.6. The maximum absolute atomic E-state index is 2.57. The molecule has 4 bridgehead atoms. The second kappa shape index (κ2) is 11.6. The molecule has 252 valence electrons. The van der Waals surface area contributed by atoms with Crippen molar-refractivity contribution in [3.63, 3.8) is 0 Å². The average Bonchev–Trinajstić information content (AvgIpc) is 3.69. The van der Waals surface area contributed by atoms with Crippen molar-refractivity contribution in [2.45, 2.75) is 70.1 Å². The van der Waals surface area contributed by atoms with Gasteiger partial charge in [-0.15, -0.1) is 0 Å². The molecule has 4 saturated carbocycles. The van der Waals surface area contributed by atoms with Crippen molar-refractivity contribution < 1.29 is 0 Å². The standard InChI is InChI=1S/C50H47N/c1-4-33-20-22-39(23-21-33)51(40-15-10-14-37(29-40)50-31-34-26-35(32-50)28-38(50)27-34)41-24-25-42(45(30-41)36-12-6-5-7-13-36)43-17-11-19-47-48(43)44-16-8-9-18-46(44)49(47,2)3/h5-25,29-30,34-35,38H,4,26-28,31-32H2,1-3H3. The third-order valence-electron chi connectivity index (χ3n) is 13.5. The molecule has 2 unspecified atom stereocenters. The van der Waals surface area contributed by atoms with E-state index in [1.54, 1.807) is 5.56 Å². The molecule has 6 aromatic rings. The summed E-state index contributed by atoms with van der Waals surface area (Å²) in [7, 11) is 0. The first kappa shape index (κ1) is 30.9. The second-order valence-corrected chi connectivity index (χ2v) is 16.6. The van der Waals surface area contributed by atoms with Gasteiger partial charge in [0, 0.05) is 22.5 Å². The first-order valence-electron chi connectivity index (χ1n) is 19.4. The van der Waals surface area contributed by atoms with Gasteiger partial charge >= 0.3 is 0 Å². The molecule has 11 rings (SSSR count). The molecular weight excluding hydrogens is 615 g/mol.